The second kappa shape index (κ2) is 36.2. The number of aryl methyl sites for hydroxylation is 1. The fourth-order valence-corrected chi connectivity index (χ4v) is 14.0. The number of H-pyrrole nitrogens is 4. The van der Waals surface area contributed by atoms with Crippen LogP contribution in [0.4, 0.5) is 0 Å². The van der Waals surface area contributed by atoms with Crippen LogP contribution in [0.2, 0.25) is 0 Å². The Balaban J connectivity index is 0.000000157. The maximum Gasteiger partial charge on any atom is 0.340 e. The molecule has 13 heteroatoms. The van der Waals surface area contributed by atoms with Gasteiger partial charge in [0.05, 0.1) is 35.4 Å². The molecule has 0 bridgehead atoms. The van der Waals surface area contributed by atoms with E-state index in [2.05, 4.69) is 366 Å². The van der Waals surface area contributed by atoms with E-state index in [1.54, 1.807) is 11.5 Å². The van der Waals surface area contributed by atoms with Gasteiger partial charge in [0.25, 0.3) is 0 Å². The van der Waals surface area contributed by atoms with Crippen LogP contribution in [0.15, 0.2) is 219 Å². The van der Waals surface area contributed by atoms with E-state index in [1.165, 1.54) is 71.8 Å². The molecule has 0 atom stereocenters. The summed E-state index contributed by atoms with van der Waals surface area (Å²) in [6, 6.07) is 68.1. The van der Waals surface area contributed by atoms with Crippen LogP contribution >= 0.6 is 0 Å². The van der Waals surface area contributed by atoms with Crippen molar-refractivity contribution in [2.24, 2.45) is 7.05 Å². The lowest BCUT2D eigenvalue weighted by Gasteiger charge is -2.22. The van der Waals surface area contributed by atoms with Gasteiger partial charge in [0, 0.05) is 112 Å². The summed E-state index contributed by atoms with van der Waals surface area (Å²) in [5, 5.41) is 16.9. The normalized spacial score (nSPS) is 12.1. The maximum absolute atomic E-state index is 12.2. The van der Waals surface area contributed by atoms with Crippen LogP contribution in [0.25, 0.3) is 76.3 Å². The zero-order valence-corrected chi connectivity index (χ0v) is 75.7. The molecule has 8 aromatic carbocycles. The quantitative estimate of drug-likeness (QED) is 0.121. The molecule has 620 valence electrons. The number of hydrogen-bond donors (Lipinski definition) is 4. The average Bonchev–Trinajstić information content (AvgIpc) is 1.41. The average molecular weight is 1580 g/mol. The van der Waals surface area contributed by atoms with E-state index in [9.17, 15) is 14.4 Å². The van der Waals surface area contributed by atoms with Gasteiger partial charge in [-0.05, 0) is 197 Å². The molecule has 15 rings (SSSR count). The minimum Gasteiger partial charge on any atom is -0.462 e. The molecule has 7 aromatic heterocycles. The first kappa shape index (κ1) is 90.6. The molecule has 0 spiro atoms. The standard InChI is InChI=1S/C19H21N.C16H23N.2C15H19NO2.C14H17NO.C13H14N2.C13H17N/c1-19(2,3)17-10-9-16-11-12-20(18(16)13-17)14-15-7-5-4-6-8-15;1-15(2,3)12-8-7-11-9-14(16(4,5)6)17-13(11)10-12;1-5-18-14(17)12-8-10(15(2,3)4)9-13-11(12)6-7-16-13;1-5-18-14(17)12-11(15(2,3)4)7-6-10-8-9-16-13(10)12;1-10(16)15-8-7-11-5-6-12(9-13(11)15)14(2,3)4;1-13(2,3)10-5-4-9-6-11(8-14)15-12(9)7-10;1-13(2,3)11-6-5-10-7-8-14(4)12(10)9-11/h4-13H,14H2,1-3H3;7-10,17H,1-6H3;2*6-9,16H,5H2,1-4H3;5-9H,1-4H3;4-7,15H,1-3H3;5-9H,1-4H3. The fourth-order valence-electron chi connectivity index (χ4n) is 14.0. The summed E-state index contributed by atoms with van der Waals surface area (Å²) < 4.78 is 16.5. The van der Waals surface area contributed by atoms with Crippen molar-refractivity contribution >= 4 is 94.2 Å². The lowest BCUT2D eigenvalue weighted by Crippen LogP contribution is -2.18. The van der Waals surface area contributed by atoms with Crippen LogP contribution in [0.3, 0.4) is 0 Å². The second-order valence-electron chi connectivity index (χ2n) is 39.3. The van der Waals surface area contributed by atoms with Crippen molar-refractivity contribution < 1.29 is 23.9 Å². The molecule has 0 aliphatic rings. The summed E-state index contributed by atoms with van der Waals surface area (Å²) >= 11 is 0. The van der Waals surface area contributed by atoms with Crippen molar-refractivity contribution in [2.75, 3.05) is 13.2 Å². The van der Waals surface area contributed by atoms with Gasteiger partial charge in [0.2, 0.25) is 5.91 Å². The van der Waals surface area contributed by atoms with Gasteiger partial charge in [-0.25, -0.2) is 9.59 Å². The number of esters is 2. The largest absolute Gasteiger partial charge is 0.462 e. The van der Waals surface area contributed by atoms with Gasteiger partial charge in [0.15, 0.2) is 0 Å². The molecule has 4 N–H and O–H groups in total. The van der Waals surface area contributed by atoms with Gasteiger partial charge in [-0.2, -0.15) is 5.26 Å². The Hall–Kier alpha value is -11.4. The molecular formula is C105H130N8O5. The number of hydrogen-bond acceptors (Lipinski definition) is 6. The van der Waals surface area contributed by atoms with E-state index in [0.717, 1.165) is 61.3 Å². The molecule has 15 aromatic rings. The van der Waals surface area contributed by atoms with Crippen LogP contribution in [0.5, 0.6) is 0 Å². The third-order valence-electron chi connectivity index (χ3n) is 21.4. The first-order valence-electron chi connectivity index (χ1n) is 41.5. The number of ether oxygens (including phenoxy) is 2. The van der Waals surface area contributed by atoms with Crippen LogP contribution in [-0.4, -0.2) is 64.7 Å². The summed E-state index contributed by atoms with van der Waals surface area (Å²) in [6.45, 7) is 59.7. The van der Waals surface area contributed by atoms with E-state index < -0.39 is 0 Å². The van der Waals surface area contributed by atoms with Crippen molar-refractivity contribution in [1.82, 2.24) is 33.6 Å². The Morgan fingerprint density at radius 3 is 1.36 bits per heavy atom. The highest BCUT2D eigenvalue weighted by Crippen LogP contribution is 2.36. The summed E-state index contributed by atoms with van der Waals surface area (Å²) in [5.74, 6) is -0.454. The highest BCUT2D eigenvalue weighted by Gasteiger charge is 2.27. The Kier molecular flexibility index (Phi) is 27.8. The highest BCUT2D eigenvalue weighted by molar-refractivity contribution is 6.05. The first-order chi connectivity index (χ1) is 55.0. The molecule has 0 saturated heterocycles. The predicted octanol–water partition coefficient (Wildman–Crippen LogP) is 27.4. The third kappa shape index (κ3) is 22.9. The molecule has 0 amide bonds. The van der Waals surface area contributed by atoms with Gasteiger partial charge in [-0.3, -0.25) is 9.36 Å². The van der Waals surface area contributed by atoms with Gasteiger partial charge in [-0.15, -0.1) is 0 Å². The van der Waals surface area contributed by atoms with Gasteiger partial charge in [-0.1, -0.05) is 269 Å². The number of rotatable bonds is 6. The summed E-state index contributed by atoms with van der Waals surface area (Å²) in [4.78, 5) is 48.6. The van der Waals surface area contributed by atoms with Gasteiger partial charge >= 0.3 is 11.9 Å². The van der Waals surface area contributed by atoms with E-state index >= 15 is 0 Å². The van der Waals surface area contributed by atoms with Crippen molar-refractivity contribution in [3.8, 4) is 6.07 Å². The molecule has 0 fully saturated rings. The molecule has 0 aliphatic heterocycles. The van der Waals surface area contributed by atoms with Gasteiger partial charge in [0.1, 0.15) is 11.8 Å². The minimum atomic E-state index is -0.256. The molecule has 13 nitrogen and oxygen atoms in total. The third-order valence-corrected chi connectivity index (χ3v) is 21.4. The van der Waals surface area contributed by atoms with Crippen LogP contribution in [0, 0.1) is 11.3 Å². The Bertz CT molecular complexity index is 5990. The van der Waals surface area contributed by atoms with E-state index in [-0.39, 0.29) is 61.2 Å². The number of carbonyl (C=O) groups is 3. The number of aromatic amines is 4. The number of carbonyl (C=O) groups excluding carboxylic acids is 3. The highest BCUT2D eigenvalue weighted by atomic mass is 16.5. The summed E-state index contributed by atoms with van der Waals surface area (Å²) in [6.07, 6.45) is 9.82. The molecule has 0 saturated carbocycles. The molecule has 0 unspecified atom stereocenters. The number of fused-ring (bicyclic) bond motifs is 7. The zero-order chi connectivity index (χ0) is 87.0. The topological polar surface area (TPSA) is 171 Å². The number of nitrogens with one attached hydrogen (secondary N) is 4. The van der Waals surface area contributed by atoms with Gasteiger partial charge < -0.3 is 38.5 Å². The number of benzene rings is 8. The fraction of sp³-hybridized carbons (Fsp3) is 0.371. The van der Waals surface area contributed by atoms with Crippen LogP contribution in [0.1, 0.15) is 268 Å². The van der Waals surface area contributed by atoms with Crippen molar-refractivity contribution in [2.45, 2.75) is 237 Å². The Morgan fingerprint density at radius 2 is 0.847 bits per heavy atom. The molecule has 0 aliphatic carbocycles. The molecule has 118 heavy (non-hydrogen) atoms. The lowest BCUT2D eigenvalue weighted by molar-refractivity contribution is 0.0517. The molecule has 0 radical (unpaired) electrons. The number of nitrogens with zero attached hydrogens (tertiary/aromatic N) is 4. The van der Waals surface area contributed by atoms with E-state index in [4.69, 9.17) is 14.7 Å². The Labute approximate surface area is 702 Å². The molecular weight excluding hydrogens is 1450 g/mol. The van der Waals surface area contributed by atoms with Crippen molar-refractivity contribution in [3.05, 3.63) is 286 Å². The molecule has 7 heterocycles. The number of nitriles is 1. The van der Waals surface area contributed by atoms with Crippen molar-refractivity contribution in [1.29, 1.82) is 5.26 Å². The van der Waals surface area contributed by atoms with Crippen LogP contribution < -0.4 is 0 Å². The van der Waals surface area contributed by atoms with E-state index in [1.807, 2.05) is 74.9 Å². The predicted molar refractivity (Wildman–Crippen MR) is 498 cm³/mol. The lowest BCUT2D eigenvalue weighted by atomic mass is 9.83. The summed E-state index contributed by atoms with van der Waals surface area (Å²) in [5.41, 5.74) is 22.1. The van der Waals surface area contributed by atoms with E-state index in [0.29, 0.717) is 30.0 Å². The Morgan fingerprint density at radius 1 is 0.398 bits per heavy atom. The smallest absolute Gasteiger partial charge is 0.340 e. The SMILES string of the molecule is CC(=O)n1ccc2ccc(C(C)(C)C)cc21.CC(C)(C)c1ccc2cc(C#N)[nH]c2c1.CC(C)(C)c1ccc2cc(C(C)(C)C)[nH]c2c1.CC(C)(C)c1ccc2ccn(Cc3ccccc3)c2c1.CCOC(=O)c1c(C(C)(C)C)ccc2cc[nH]c12.CCOC(=O)c1cc(C(C)(C)C)cc2[nH]ccc12.Cn1ccc2ccc(C(C)(C)C)cc21. The minimum absolute atomic E-state index is 0.000540. The second-order valence-corrected chi connectivity index (χ2v) is 39.3. The maximum atomic E-state index is 12.2. The zero-order valence-electron chi connectivity index (χ0n) is 75.7. The monoisotopic (exact) mass is 1580 g/mol. The van der Waals surface area contributed by atoms with Crippen molar-refractivity contribution in [3.63, 3.8) is 0 Å². The van der Waals surface area contributed by atoms with Crippen LogP contribution in [-0.2, 0) is 66.4 Å². The first-order valence-corrected chi connectivity index (χ1v) is 41.5. The number of aromatic nitrogens is 7. The summed E-state index contributed by atoms with van der Waals surface area (Å²) in [7, 11) is 2.09.